The molecule has 126 valence electrons. The van der Waals surface area contributed by atoms with E-state index in [0.29, 0.717) is 12.4 Å². The molecule has 2 rings (SSSR count). The van der Waals surface area contributed by atoms with Gasteiger partial charge in [0.15, 0.2) is 6.10 Å². The van der Waals surface area contributed by atoms with Gasteiger partial charge in [0, 0.05) is 4.47 Å². The Morgan fingerprint density at radius 3 is 2.42 bits per heavy atom. The summed E-state index contributed by atoms with van der Waals surface area (Å²) < 4.78 is 11.9. The molecular formula is C18H19BrN2O3. The maximum absolute atomic E-state index is 12.0. The van der Waals surface area contributed by atoms with Gasteiger partial charge in [0.05, 0.1) is 12.8 Å². The number of halogens is 1. The van der Waals surface area contributed by atoms with Gasteiger partial charge in [-0.15, -0.1) is 0 Å². The summed E-state index contributed by atoms with van der Waals surface area (Å²) in [6, 6.07) is 14.7. The van der Waals surface area contributed by atoms with Crippen LogP contribution in [0.3, 0.4) is 0 Å². The Hall–Kier alpha value is -2.34. The van der Waals surface area contributed by atoms with Gasteiger partial charge in [-0.3, -0.25) is 4.79 Å². The first-order valence-corrected chi connectivity index (χ1v) is 8.36. The van der Waals surface area contributed by atoms with Crippen LogP contribution in [0.4, 0.5) is 0 Å². The molecule has 2 aromatic carbocycles. The summed E-state index contributed by atoms with van der Waals surface area (Å²) in [4.78, 5) is 12.0. The molecule has 0 aliphatic rings. The molecular weight excluding hydrogens is 372 g/mol. The van der Waals surface area contributed by atoms with Gasteiger partial charge >= 0.3 is 0 Å². The first kappa shape index (κ1) is 18.0. The van der Waals surface area contributed by atoms with Gasteiger partial charge in [0.1, 0.15) is 11.5 Å². The Kier molecular flexibility index (Phi) is 6.81. The summed E-state index contributed by atoms with van der Waals surface area (Å²) in [6.45, 7) is 4.23. The van der Waals surface area contributed by atoms with Crippen LogP contribution in [0, 0.1) is 0 Å². The minimum absolute atomic E-state index is 0.319. The van der Waals surface area contributed by atoms with Crippen molar-refractivity contribution < 1.29 is 14.3 Å². The molecule has 0 aromatic heterocycles. The lowest BCUT2D eigenvalue weighted by molar-refractivity contribution is -0.127. The SMILES string of the molecule is CCOc1ccc(C=NNC(=O)C(C)Oc2ccc(Br)cc2)cc1. The van der Waals surface area contributed by atoms with E-state index in [4.69, 9.17) is 9.47 Å². The van der Waals surface area contributed by atoms with E-state index < -0.39 is 6.10 Å². The number of ether oxygens (including phenoxy) is 2. The minimum atomic E-state index is -0.649. The third-order valence-corrected chi connectivity index (χ3v) is 3.60. The fourth-order valence-electron chi connectivity index (χ4n) is 1.85. The van der Waals surface area contributed by atoms with Crippen LogP contribution in [0.15, 0.2) is 58.1 Å². The molecule has 0 saturated carbocycles. The van der Waals surface area contributed by atoms with Crippen LogP contribution < -0.4 is 14.9 Å². The van der Waals surface area contributed by atoms with E-state index in [1.165, 1.54) is 0 Å². The standard InChI is InChI=1S/C18H19BrN2O3/c1-3-23-16-8-4-14(5-9-16)12-20-21-18(22)13(2)24-17-10-6-15(19)7-11-17/h4-13H,3H2,1-2H3,(H,21,22). The zero-order chi connectivity index (χ0) is 17.4. The average Bonchev–Trinajstić information content (AvgIpc) is 2.58. The lowest BCUT2D eigenvalue weighted by Crippen LogP contribution is -2.33. The number of amides is 1. The van der Waals surface area contributed by atoms with Crippen molar-refractivity contribution in [1.29, 1.82) is 0 Å². The Morgan fingerprint density at radius 2 is 1.79 bits per heavy atom. The summed E-state index contributed by atoms with van der Waals surface area (Å²) in [7, 11) is 0. The van der Waals surface area contributed by atoms with Crippen molar-refractivity contribution in [2.45, 2.75) is 20.0 Å². The molecule has 1 N–H and O–H groups in total. The highest BCUT2D eigenvalue weighted by atomic mass is 79.9. The molecule has 24 heavy (non-hydrogen) atoms. The highest BCUT2D eigenvalue weighted by Crippen LogP contribution is 2.17. The number of rotatable bonds is 7. The normalized spacial score (nSPS) is 12.0. The molecule has 0 spiro atoms. The second kappa shape index (κ2) is 9.08. The van der Waals surface area contributed by atoms with Gasteiger partial charge in [0.25, 0.3) is 5.91 Å². The van der Waals surface area contributed by atoms with E-state index in [2.05, 4.69) is 26.5 Å². The van der Waals surface area contributed by atoms with Gasteiger partial charge in [-0.1, -0.05) is 15.9 Å². The van der Waals surface area contributed by atoms with Crippen LogP contribution in [0.1, 0.15) is 19.4 Å². The van der Waals surface area contributed by atoms with Crippen molar-refractivity contribution in [2.75, 3.05) is 6.61 Å². The van der Waals surface area contributed by atoms with E-state index in [9.17, 15) is 4.79 Å². The van der Waals surface area contributed by atoms with Gasteiger partial charge < -0.3 is 9.47 Å². The predicted molar refractivity (Wildman–Crippen MR) is 97.6 cm³/mol. The van der Waals surface area contributed by atoms with Gasteiger partial charge in [-0.05, 0) is 67.9 Å². The summed E-state index contributed by atoms with van der Waals surface area (Å²) in [6.07, 6.45) is 0.920. The smallest absolute Gasteiger partial charge is 0.280 e. The summed E-state index contributed by atoms with van der Waals surface area (Å²) >= 11 is 3.35. The van der Waals surface area contributed by atoms with Crippen LogP contribution in [0.5, 0.6) is 11.5 Å². The molecule has 5 nitrogen and oxygen atoms in total. The summed E-state index contributed by atoms with van der Waals surface area (Å²) in [5.74, 6) is 1.10. The van der Waals surface area contributed by atoms with E-state index >= 15 is 0 Å². The number of carbonyl (C=O) groups excluding carboxylic acids is 1. The second-order valence-corrected chi connectivity index (χ2v) is 5.87. The lowest BCUT2D eigenvalue weighted by Gasteiger charge is -2.12. The topological polar surface area (TPSA) is 59.9 Å². The van der Waals surface area contributed by atoms with Crippen molar-refractivity contribution in [3.63, 3.8) is 0 Å². The van der Waals surface area contributed by atoms with E-state index in [-0.39, 0.29) is 5.91 Å². The van der Waals surface area contributed by atoms with Crippen molar-refractivity contribution in [1.82, 2.24) is 5.43 Å². The molecule has 0 bridgehead atoms. The maximum Gasteiger partial charge on any atom is 0.280 e. The number of benzene rings is 2. The van der Waals surface area contributed by atoms with Crippen molar-refractivity contribution in [3.8, 4) is 11.5 Å². The zero-order valence-corrected chi connectivity index (χ0v) is 15.1. The fraction of sp³-hybridized carbons (Fsp3) is 0.222. The Labute approximate surface area is 149 Å². The first-order valence-electron chi connectivity index (χ1n) is 7.56. The predicted octanol–water partition coefficient (Wildman–Crippen LogP) is 3.77. The molecule has 0 heterocycles. The van der Waals surface area contributed by atoms with Crippen LogP contribution in [-0.4, -0.2) is 24.8 Å². The van der Waals surface area contributed by atoms with E-state index in [0.717, 1.165) is 15.8 Å². The molecule has 0 radical (unpaired) electrons. The number of nitrogens with one attached hydrogen (secondary N) is 1. The zero-order valence-electron chi connectivity index (χ0n) is 13.5. The monoisotopic (exact) mass is 390 g/mol. The summed E-state index contributed by atoms with van der Waals surface area (Å²) in [5, 5.41) is 3.94. The molecule has 0 aliphatic carbocycles. The van der Waals surface area contributed by atoms with Crippen LogP contribution in [0.2, 0.25) is 0 Å². The molecule has 0 fully saturated rings. The number of nitrogens with zero attached hydrogens (tertiary/aromatic N) is 1. The number of carbonyl (C=O) groups is 1. The van der Waals surface area contributed by atoms with Crippen molar-refractivity contribution in [2.24, 2.45) is 5.10 Å². The molecule has 6 heteroatoms. The maximum atomic E-state index is 12.0. The summed E-state index contributed by atoms with van der Waals surface area (Å²) in [5.41, 5.74) is 3.33. The molecule has 0 saturated heterocycles. The number of hydrogen-bond acceptors (Lipinski definition) is 4. The van der Waals surface area contributed by atoms with Crippen LogP contribution >= 0.6 is 15.9 Å². The van der Waals surface area contributed by atoms with Gasteiger partial charge in [-0.2, -0.15) is 5.10 Å². The Balaban J connectivity index is 1.83. The van der Waals surface area contributed by atoms with E-state index in [1.807, 2.05) is 43.3 Å². The molecule has 1 amide bonds. The van der Waals surface area contributed by atoms with Crippen molar-refractivity contribution in [3.05, 3.63) is 58.6 Å². The average molecular weight is 391 g/mol. The Morgan fingerprint density at radius 1 is 1.17 bits per heavy atom. The third-order valence-electron chi connectivity index (χ3n) is 3.08. The quantitative estimate of drug-likeness (QED) is 0.578. The molecule has 0 aliphatic heterocycles. The highest BCUT2D eigenvalue weighted by molar-refractivity contribution is 9.10. The lowest BCUT2D eigenvalue weighted by atomic mass is 10.2. The van der Waals surface area contributed by atoms with E-state index in [1.54, 1.807) is 25.3 Å². The molecule has 1 unspecified atom stereocenters. The molecule has 1 atom stereocenters. The third kappa shape index (κ3) is 5.70. The van der Waals surface area contributed by atoms with Crippen molar-refractivity contribution >= 4 is 28.1 Å². The van der Waals surface area contributed by atoms with Crippen LogP contribution in [-0.2, 0) is 4.79 Å². The number of hydrogen-bond donors (Lipinski definition) is 1. The van der Waals surface area contributed by atoms with Gasteiger partial charge in [-0.25, -0.2) is 5.43 Å². The largest absolute Gasteiger partial charge is 0.494 e. The highest BCUT2D eigenvalue weighted by Gasteiger charge is 2.13. The first-order chi connectivity index (χ1) is 11.6. The van der Waals surface area contributed by atoms with Gasteiger partial charge in [0.2, 0.25) is 0 Å². The number of hydrazone groups is 1. The van der Waals surface area contributed by atoms with Crippen LogP contribution in [0.25, 0.3) is 0 Å². The molecule has 2 aromatic rings. The minimum Gasteiger partial charge on any atom is -0.494 e. The Bertz CT molecular complexity index is 684. The second-order valence-electron chi connectivity index (χ2n) is 4.95. The fourth-order valence-corrected chi connectivity index (χ4v) is 2.11.